The molecule has 1 aromatic heterocycles. The van der Waals surface area contributed by atoms with Crippen LogP contribution in [0, 0.1) is 5.92 Å². The molecule has 0 fully saturated rings. The van der Waals surface area contributed by atoms with Crippen molar-refractivity contribution < 1.29 is 19.0 Å². The molecule has 4 aromatic rings. The third-order valence-electron chi connectivity index (χ3n) is 6.37. The largest absolute Gasteiger partial charge is 0.448 e. The van der Waals surface area contributed by atoms with Crippen molar-refractivity contribution in [3.05, 3.63) is 119 Å². The second-order valence-electron chi connectivity index (χ2n) is 8.80. The zero-order chi connectivity index (χ0) is 23.3. The average Bonchev–Trinajstić information content (AvgIpc) is 3.31. The molecule has 3 aromatic carbocycles. The zero-order valence-electron chi connectivity index (χ0n) is 19.1. The number of fused-ring (bicyclic) bond motifs is 1. The topological polar surface area (TPSA) is 61.6 Å². The third-order valence-corrected chi connectivity index (χ3v) is 6.37. The van der Waals surface area contributed by atoms with E-state index in [4.69, 9.17) is 19.2 Å². The van der Waals surface area contributed by atoms with Crippen LogP contribution in [0.4, 0.5) is 0 Å². The van der Waals surface area contributed by atoms with Crippen molar-refractivity contribution in [3.63, 3.8) is 0 Å². The highest BCUT2D eigenvalue weighted by molar-refractivity contribution is 5.65. The molecule has 0 amide bonds. The zero-order valence-corrected chi connectivity index (χ0v) is 19.1. The Morgan fingerprint density at radius 3 is 2.38 bits per heavy atom. The van der Waals surface area contributed by atoms with Crippen LogP contribution in [0.25, 0.3) is 0 Å². The Morgan fingerprint density at radius 1 is 1.00 bits per heavy atom. The van der Waals surface area contributed by atoms with Gasteiger partial charge in [-0.25, -0.2) is 9.78 Å². The molecular weight excluding hydrogens is 426 g/mol. The van der Waals surface area contributed by atoms with Crippen LogP contribution in [0.2, 0.25) is 0 Å². The van der Waals surface area contributed by atoms with Crippen molar-refractivity contribution in [2.24, 2.45) is 5.92 Å². The van der Waals surface area contributed by atoms with Gasteiger partial charge in [0.2, 0.25) is 5.89 Å². The van der Waals surface area contributed by atoms with E-state index in [1.54, 1.807) is 0 Å². The second-order valence-corrected chi connectivity index (χ2v) is 8.80. The molecule has 0 spiro atoms. The first-order valence-electron chi connectivity index (χ1n) is 11.7. The van der Waals surface area contributed by atoms with Crippen molar-refractivity contribution in [1.29, 1.82) is 0 Å². The fraction of sp³-hybridized carbons (Fsp3) is 0.241. The molecule has 1 aliphatic rings. The molecule has 34 heavy (non-hydrogen) atoms. The van der Waals surface area contributed by atoms with Crippen LogP contribution in [-0.4, -0.2) is 11.0 Å². The third kappa shape index (κ3) is 4.88. The van der Waals surface area contributed by atoms with Gasteiger partial charge >= 0.3 is 5.97 Å². The molecule has 1 aliphatic carbocycles. The summed E-state index contributed by atoms with van der Waals surface area (Å²) in [4.78, 5) is 26.0. The van der Waals surface area contributed by atoms with Crippen molar-refractivity contribution in [3.8, 4) is 5.75 Å². The molecule has 5 heteroatoms. The van der Waals surface area contributed by atoms with Crippen LogP contribution in [0.3, 0.4) is 0 Å². The number of nitrogens with zero attached hydrogens (tertiary/aromatic N) is 1. The van der Waals surface area contributed by atoms with Crippen molar-refractivity contribution in [1.82, 2.24) is 4.98 Å². The molecule has 0 aliphatic heterocycles. The van der Waals surface area contributed by atoms with Gasteiger partial charge in [-0.2, -0.15) is 0 Å². The highest BCUT2D eigenvalue weighted by Gasteiger charge is 2.25. The maximum absolute atomic E-state index is 11.1. The fourth-order valence-electron chi connectivity index (χ4n) is 4.82. The number of carbonyl (C=O) groups is 1. The lowest BCUT2D eigenvalue weighted by Gasteiger charge is -2.25. The van der Waals surface area contributed by atoms with Gasteiger partial charge in [0.25, 0.3) is 0 Å². The molecule has 0 radical (unpaired) electrons. The van der Waals surface area contributed by atoms with E-state index in [1.807, 2.05) is 54.8 Å². The highest BCUT2D eigenvalue weighted by atomic mass is 17.2. The van der Waals surface area contributed by atoms with Crippen molar-refractivity contribution >= 4 is 5.97 Å². The first kappa shape index (κ1) is 22.0. The Bertz CT molecular complexity index is 1210. The number of hydrogen-bond acceptors (Lipinski definition) is 5. The normalized spacial score (nSPS) is 15.1. The van der Waals surface area contributed by atoms with E-state index in [0.717, 1.165) is 54.0 Å². The first-order valence-corrected chi connectivity index (χ1v) is 11.7. The van der Waals surface area contributed by atoms with Crippen LogP contribution in [0.5, 0.6) is 5.75 Å². The van der Waals surface area contributed by atoms with Gasteiger partial charge in [0, 0.05) is 12.5 Å². The van der Waals surface area contributed by atoms with Crippen LogP contribution in [0.15, 0.2) is 89.5 Å². The summed E-state index contributed by atoms with van der Waals surface area (Å²) in [7, 11) is 0. The van der Waals surface area contributed by atoms with Gasteiger partial charge in [0.15, 0.2) is 5.75 Å². The van der Waals surface area contributed by atoms with Gasteiger partial charge in [0.1, 0.15) is 6.26 Å². The smallest absolute Gasteiger partial charge is 0.352 e. The SMILES string of the molecule is CC(=O)OOc1cccc2c1CCC(Cc1coc(C(c3ccccc3)c3ccccc3)n1)C2. The van der Waals surface area contributed by atoms with Gasteiger partial charge in [-0.1, -0.05) is 72.8 Å². The standard InChI is InChI=1S/C29H27NO4/c1-20(31)33-34-27-14-8-13-24-17-21(15-16-26(24)27)18-25-19-32-29(30-25)28(22-9-4-2-5-10-22)23-11-6-3-7-12-23/h2-14,19,21,28H,15-18H2,1H3. The van der Waals surface area contributed by atoms with Gasteiger partial charge in [-0.3, -0.25) is 9.78 Å². The summed E-state index contributed by atoms with van der Waals surface area (Å²) in [6.45, 7) is 1.33. The van der Waals surface area contributed by atoms with Crippen LogP contribution in [0.1, 0.15) is 53.1 Å². The van der Waals surface area contributed by atoms with E-state index in [2.05, 4.69) is 30.3 Å². The van der Waals surface area contributed by atoms with Crippen LogP contribution >= 0.6 is 0 Å². The Labute approximate surface area is 199 Å². The lowest BCUT2D eigenvalue weighted by atomic mass is 9.81. The Balaban J connectivity index is 1.33. The number of rotatable bonds is 7. The monoisotopic (exact) mass is 453 g/mol. The molecule has 0 saturated heterocycles. The van der Waals surface area contributed by atoms with E-state index in [-0.39, 0.29) is 5.92 Å². The van der Waals surface area contributed by atoms with Gasteiger partial charge in [0.05, 0.1) is 11.6 Å². The summed E-state index contributed by atoms with van der Waals surface area (Å²) in [6, 6.07) is 26.6. The van der Waals surface area contributed by atoms with E-state index < -0.39 is 5.97 Å². The minimum absolute atomic E-state index is 0.0378. The van der Waals surface area contributed by atoms with E-state index in [0.29, 0.717) is 11.7 Å². The predicted molar refractivity (Wildman–Crippen MR) is 128 cm³/mol. The minimum Gasteiger partial charge on any atom is -0.448 e. The van der Waals surface area contributed by atoms with Gasteiger partial charge < -0.3 is 4.42 Å². The lowest BCUT2D eigenvalue weighted by Crippen LogP contribution is -2.18. The van der Waals surface area contributed by atoms with Gasteiger partial charge in [-0.15, -0.1) is 0 Å². The van der Waals surface area contributed by atoms with Crippen molar-refractivity contribution in [2.75, 3.05) is 0 Å². The molecule has 1 heterocycles. The van der Waals surface area contributed by atoms with Crippen LogP contribution in [-0.2, 0) is 28.9 Å². The minimum atomic E-state index is -0.461. The Kier molecular flexibility index (Phi) is 6.43. The van der Waals surface area contributed by atoms with E-state index in [1.165, 1.54) is 12.5 Å². The Hall–Kier alpha value is -3.86. The summed E-state index contributed by atoms with van der Waals surface area (Å²) in [5.41, 5.74) is 5.65. The van der Waals surface area contributed by atoms with Crippen molar-refractivity contribution in [2.45, 2.75) is 38.5 Å². The average molecular weight is 454 g/mol. The molecule has 0 bridgehead atoms. The Morgan fingerprint density at radius 2 is 1.71 bits per heavy atom. The fourth-order valence-corrected chi connectivity index (χ4v) is 4.82. The number of hydrogen-bond donors (Lipinski definition) is 0. The second kappa shape index (κ2) is 9.96. The van der Waals surface area contributed by atoms with Crippen LogP contribution < -0.4 is 4.89 Å². The summed E-state index contributed by atoms with van der Waals surface area (Å²) in [5, 5.41) is 0. The van der Waals surface area contributed by atoms with E-state index >= 15 is 0 Å². The molecule has 1 atom stereocenters. The number of benzene rings is 3. The number of oxazole rings is 1. The maximum Gasteiger partial charge on any atom is 0.352 e. The molecule has 5 rings (SSSR count). The molecule has 172 valence electrons. The maximum atomic E-state index is 11.1. The molecule has 1 unspecified atom stereocenters. The summed E-state index contributed by atoms with van der Waals surface area (Å²) < 4.78 is 6.04. The molecule has 0 N–H and O–H groups in total. The molecule has 0 saturated carbocycles. The summed E-state index contributed by atoms with van der Waals surface area (Å²) in [5.74, 6) is 1.31. The first-order chi connectivity index (χ1) is 16.7. The predicted octanol–water partition coefficient (Wildman–Crippen LogP) is 6.06. The molecular formula is C29H27NO4. The molecule has 5 nitrogen and oxygen atoms in total. The van der Waals surface area contributed by atoms with Gasteiger partial charge in [-0.05, 0) is 54.4 Å². The van der Waals surface area contributed by atoms with E-state index in [9.17, 15) is 4.79 Å². The summed E-state index contributed by atoms with van der Waals surface area (Å²) >= 11 is 0. The highest BCUT2D eigenvalue weighted by Crippen LogP contribution is 2.35. The number of aromatic nitrogens is 1. The number of carbonyl (C=O) groups excluding carboxylic acids is 1. The quantitative estimate of drug-likeness (QED) is 0.251. The summed E-state index contributed by atoms with van der Waals surface area (Å²) in [6.07, 6.45) is 5.48. The lowest BCUT2D eigenvalue weighted by molar-refractivity contribution is -0.211.